The molecule has 122 valence electrons. The molecule has 0 aliphatic rings. The van der Waals surface area contributed by atoms with Crippen LogP contribution in [0.25, 0.3) is 0 Å². The Balaban J connectivity index is 2.25. The molecule has 2 N–H and O–H groups in total. The second kappa shape index (κ2) is 7.48. The summed E-state index contributed by atoms with van der Waals surface area (Å²) in [7, 11) is 0. The van der Waals surface area contributed by atoms with Crippen molar-refractivity contribution in [1.82, 2.24) is 15.1 Å². The number of hydrogen-bond donors (Lipinski definition) is 2. The van der Waals surface area contributed by atoms with Crippen LogP contribution in [0.1, 0.15) is 18.0 Å². The zero-order chi connectivity index (χ0) is 16.8. The SMILES string of the molecule is O=C(O)C(CC(F)F)NC(=O)C(c1ccccc1)n1cccn1. The number of halogens is 2. The molecule has 2 atom stereocenters. The molecule has 1 aromatic carbocycles. The van der Waals surface area contributed by atoms with E-state index in [1.54, 1.807) is 42.6 Å². The van der Waals surface area contributed by atoms with Gasteiger partial charge in [0.25, 0.3) is 0 Å². The number of aromatic nitrogens is 2. The third-order valence-electron chi connectivity index (χ3n) is 3.18. The predicted molar refractivity (Wildman–Crippen MR) is 77.0 cm³/mol. The van der Waals surface area contributed by atoms with E-state index in [9.17, 15) is 18.4 Å². The van der Waals surface area contributed by atoms with Gasteiger partial charge in [-0.2, -0.15) is 5.10 Å². The second-order valence-corrected chi connectivity index (χ2v) is 4.83. The van der Waals surface area contributed by atoms with E-state index in [1.807, 2.05) is 0 Å². The van der Waals surface area contributed by atoms with Crippen molar-refractivity contribution in [3.05, 3.63) is 54.4 Å². The summed E-state index contributed by atoms with van der Waals surface area (Å²) in [6.45, 7) is 0. The highest BCUT2D eigenvalue weighted by molar-refractivity contribution is 5.88. The summed E-state index contributed by atoms with van der Waals surface area (Å²) in [4.78, 5) is 23.5. The Kier molecular flexibility index (Phi) is 5.40. The van der Waals surface area contributed by atoms with Crippen molar-refractivity contribution < 1.29 is 23.5 Å². The first-order chi connectivity index (χ1) is 11.0. The van der Waals surface area contributed by atoms with Gasteiger partial charge in [-0.15, -0.1) is 0 Å². The van der Waals surface area contributed by atoms with Gasteiger partial charge in [0.1, 0.15) is 6.04 Å². The fraction of sp³-hybridized carbons (Fsp3) is 0.267. The maximum absolute atomic E-state index is 12.5. The van der Waals surface area contributed by atoms with Crippen LogP contribution in [0, 0.1) is 0 Å². The number of benzene rings is 1. The normalized spacial score (nSPS) is 13.5. The molecule has 2 unspecified atom stereocenters. The summed E-state index contributed by atoms with van der Waals surface area (Å²) in [5.41, 5.74) is 0.565. The molecule has 6 nitrogen and oxygen atoms in total. The number of nitrogens with zero attached hydrogens (tertiary/aromatic N) is 2. The lowest BCUT2D eigenvalue weighted by Crippen LogP contribution is -2.45. The lowest BCUT2D eigenvalue weighted by Gasteiger charge is -2.21. The summed E-state index contributed by atoms with van der Waals surface area (Å²) < 4.78 is 26.3. The molecular formula is C15H15F2N3O3. The van der Waals surface area contributed by atoms with Gasteiger partial charge in [0.05, 0.1) is 0 Å². The van der Waals surface area contributed by atoms with E-state index in [4.69, 9.17) is 5.11 Å². The van der Waals surface area contributed by atoms with E-state index in [0.29, 0.717) is 5.56 Å². The van der Waals surface area contributed by atoms with Crippen LogP contribution >= 0.6 is 0 Å². The number of carboxylic acid groups (broad SMARTS) is 1. The van der Waals surface area contributed by atoms with E-state index >= 15 is 0 Å². The Bertz CT molecular complexity index is 647. The van der Waals surface area contributed by atoms with Crippen LogP contribution in [-0.4, -0.2) is 39.2 Å². The number of aliphatic carboxylic acids is 1. The van der Waals surface area contributed by atoms with Crippen molar-refractivity contribution in [2.75, 3.05) is 0 Å². The Morgan fingerprint density at radius 2 is 1.91 bits per heavy atom. The maximum Gasteiger partial charge on any atom is 0.326 e. The Morgan fingerprint density at radius 3 is 2.43 bits per heavy atom. The van der Waals surface area contributed by atoms with Crippen molar-refractivity contribution >= 4 is 11.9 Å². The Morgan fingerprint density at radius 1 is 1.22 bits per heavy atom. The topological polar surface area (TPSA) is 84.2 Å². The number of rotatable bonds is 7. The Hall–Kier alpha value is -2.77. The molecular weight excluding hydrogens is 308 g/mol. The zero-order valence-corrected chi connectivity index (χ0v) is 12.0. The van der Waals surface area contributed by atoms with Gasteiger partial charge in [-0.05, 0) is 11.6 Å². The van der Waals surface area contributed by atoms with E-state index in [2.05, 4.69) is 10.4 Å². The monoisotopic (exact) mass is 323 g/mol. The molecule has 8 heteroatoms. The van der Waals surface area contributed by atoms with E-state index < -0.39 is 36.8 Å². The highest BCUT2D eigenvalue weighted by Gasteiger charge is 2.29. The van der Waals surface area contributed by atoms with Gasteiger partial charge in [-0.1, -0.05) is 30.3 Å². The van der Waals surface area contributed by atoms with Crippen molar-refractivity contribution in [3.8, 4) is 0 Å². The van der Waals surface area contributed by atoms with Crippen molar-refractivity contribution in [1.29, 1.82) is 0 Å². The number of carbonyl (C=O) groups excluding carboxylic acids is 1. The first-order valence-electron chi connectivity index (χ1n) is 6.84. The molecule has 0 fully saturated rings. The lowest BCUT2D eigenvalue weighted by molar-refractivity contribution is -0.143. The van der Waals surface area contributed by atoms with E-state index in [-0.39, 0.29) is 0 Å². The molecule has 0 radical (unpaired) electrons. The standard InChI is InChI=1S/C15H15F2N3O3/c16-12(17)9-11(15(22)23)19-14(21)13(20-8-4-7-18-20)10-5-2-1-3-6-10/h1-8,11-13H,9H2,(H,19,21)(H,22,23). The van der Waals surface area contributed by atoms with Gasteiger partial charge >= 0.3 is 5.97 Å². The fourth-order valence-electron chi connectivity index (χ4n) is 2.14. The van der Waals surface area contributed by atoms with Crippen LogP contribution in [0.3, 0.4) is 0 Å². The van der Waals surface area contributed by atoms with Crippen LogP contribution < -0.4 is 5.32 Å². The van der Waals surface area contributed by atoms with Crippen LogP contribution in [0.5, 0.6) is 0 Å². The van der Waals surface area contributed by atoms with Gasteiger partial charge in [-0.25, -0.2) is 13.6 Å². The molecule has 2 rings (SSSR count). The fourth-order valence-corrected chi connectivity index (χ4v) is 2.14. The molecule has 0 saturated carbocycles. The van der Waals surface area contributed by atoms with Crippen molar-refractivity contribution in [3.63, 3.8) is 0 Å². The minimum Gasteiger partial charge on any atom is -0.480 e. The lowest BCUT2D eigenvalue weighted by atomic mass is 10.1. The first-order valence-corrected chi connectivity index (χ1v) is 6.84. The number of alkyl halides is 2. The molecule has 2 aromatic rings. The van der Waals surface area contributed by atoms with Crippen LogP contribution in [0.2, 0.25) is 0 Å². The summed E-state index contributed by atoms with van der Waals surface area (Å²) in [6, 6.07) is 7.55. The molecule has 1 aromatic heterocycles. The average molecular weight is 323 g/mol. The van der Waals surface area contributed by atoms with Gasteiger partial charge in [0.15, 0.2) is 6.04 Å². The largest absolute Gasteiger partial charge is 0.480 e. The third kappa shape index (κ3) is 4.35. The molecule has 0 bridgehead atoms. The zero-order valence-electron chi connectivity index (χ0n) is 12.0. The number of hydrogen-bond acceptors (Lipinski definition) is 3. The van der Waals surface area contributed by atoms with Crippen LogP contribution in [-0.2, 0) is 9.59 Å². The number of carbonyl (C=O) groups is 2. The van der Waals surface area contributed by atoms with Crippen LogP contribution in [0.4, 0.5) is 8.78 Å². The summed E-state index contributed by atoms with van der Waals surface area (Å²) >= 11 is 0. The molecule has 1 heterocycles. The number of nitrogens with one attached hydrogen (secondary N) is 1. The highest BCUT2D eigenvalue weighted by atomic mass is 19.3. The van der Waals surface area contributed by atoms with Gasteiger partial charge < -0.3 is 10.4 Å². The summed E-state index contributed by atoms with van der Waals surface area (Å²) in [6.07, 6.45) is -0.782. The minimum atomic E-state index is -2.84. The van der Waals surface area contributed by atoms with Gasteiger partial charge in [0, 0.05) is 18.8 Å². The summed E-state index contributed by atoms with van der Waals surface area (Å²) in [5, 5.41) is 15.1. The molecule has 0 aliphatic carbocycles. The van der Waals surface area contributed by atoms with E-state index in [1.165, 1.54) is 10.9 Å². The van der Waals surface area contributed by atoms with Gasteiger partial charge in [0.2, 0.25) is 12.3 Å². The quantitative estimate of drug-likeness (QED) is 0.812. The minimum absolute atomic E-state index is 0.565. The first kappa shape index (κ1) is 16.6. The van der Waals surface area contributed by atoms with E-state index in [0.717, 1.165) is 0 Å². The summed E-state index contributed by atoms with van der Waals surface area (Å²) in [5.74, 6) is -2.22. The van der Waals surface area contributed by atoms with Crippen molar-refractivity contribution in [2.45, 2.75) is 24.9 Å². The Labute approximate surface area is 130 Å². The molecule has 0 aliphatic heterocycles. The predicted octanol–water partition coefficient (Wildman–Crippen LogP) is 1.70. The second-order valence-electron chi connectivity index (χ2n) is 4.83. The third-order valence-corrected chi connectivity index (χ3v) is 3.18. The van der Waals surface area contributed by atoms with Crippen LogP contribution in [0.15, 0.2) is 48.8 Å². The maximum atomic E-state index is 12.5. The molecule has 1 amide bonds. The molecule has 23 heavy (non-hydrogen) atoms. The van der Waals surface area contributed by atoms with Gasteiger partial charge in [-0.3, -0.25) is 9.48 Å². The van der Waals surface area contributed by atoms with Crippen molar-refractivity contribution in [2.24, 2.45) is 0 Å². The number of amides is 1. The number of carboxylic acids is 1. The molecule has 0 saturated heterocycles. The molecule has 0 spiro atoms. The highest BCUT2D eigenvalue weighted by Crippen LogP contribution is 2.18. The average Bonchev–Trinajstić information content (AvgIpc) is 3.01. The smallest absolute Gasteiger partial charge is 0.326 e.